The molecule has 4 nitrogen and oxygen atoms in total. The zero-order chi connectivity index (χ0) is 9.80. The molecule has 1 aliphatic heterocycles. The van der Waals surface area contributed by atoms with Crippen LogP contribution in [0.5, 0.6) is 0 Å². The molecule has 1 aliphatic rings. The van der Waals surface area contributed by atoms with E-state index in [0.717, 1.165) is 38.0 Å². The number of anilines is 1. The number of rotatable bonds is 2. The molecule has 0 N–H and O–H groups in total. The Balaban J connectivity index is 1.99. The van der Waals surface area contributed by atoms with Crippen molar-refractivity contribution in [1.29, 1.82) is 0 Å². The van der Waals surface area contributed by atoms with Crippen LogP contribution >= 0.6 is 0 Å². The van der Waals surface area contributed by atoms with Gasteiger partial charge in [0.15, 0.2) is 0 Å². The molecule has 0 amide bonds. The maximum absolute atomic E-state index is 10.6. The Morgan fingerprint density at radius 3 is 2.71 bits per heavy atom. The highest BCUT2D eigenvalue weighted by Gasteiger charge is 2.19. The summed E-state index contributed by atoms with van der Waals surface area (Å²) in [6, 6.07) is 0. The lowest BCUT2D eigenvalue weighted by Gasteiger charge is -2.30. The lowest BCUT2D eigenvalue weighted by atomic mass is 9.99. The minimum absolute atomic E-state index is 0.239. The second-order valence-electron chi connectivity index (χ2n) is 3.52. The van der Waals surface area contributed by atoms with Crippen LogP contribution in [-0.2, 0) is 4.79 Å². The summed E-state index contributed by atoms with van der Waals surface area (Å²) in [5, 5.41) is 0. The van der Waals surface area contributed by atoms with Crippen molar-refractivity contribution >= 4 is 12.1 Å². The van der Waals surface area contributed by atoms with E-state index in [1.807, 2.05) is 0 Å². The van der Waals surface area contributed by atoms with Gasteiger partial charge in [0, 0.05) is 31.4 Å². The molecule has 0 spiro atoms. The first kappa shape index (κ1) is 9.12. The molecule has 0 unspecified atom stereocenters. The highest BCUT2D eigenvalue weighted by atomic mass is 16.1. The zero-order valence-electron chi connectivity index (χ0n) is 7.97. The van der Waals surface area contributed by atoms with E-state index in [1.165, 1.54) is 0 Å². The van der Waals surface area contributed by atoms with Gasteiger partial charge in [-0.3, -0.25) is 4.98 Å². The first-order chi connectivity index (χ1) is 6.90. The van der Waals surface area contributed by atoms with Gasteiger partial charge in [-0.05, 0) is 12.8 Å². The van der Waals surface area contributed by atoms with Gasteiger partial charge in [0.25, 0.3) is 0 Å². The standard InChI is InChI=1S/C10H13N3O/c14-8-9-1-5-13(6-2-9)10-7-11-3-4-12-10/h3-4,7-9H,1-2,5-6H2. The van der Waals surface area contributed by atoms with E-state index in [4.69, 9.17) is 0 Å². The number of hydrogen-bond donors (Lipinski definition) is 0. The van der Waals surface area contributed by atoms with Gasteiger partial charge >= 0.3 is 0 Å². The van der Waals surface area contributed by atoms with Gasteiger partial charge in [-0.25, -0.2) is 4.98 Å². The van der Waals surface area contributed by atoms with Gasteiger partial charge in [0.2, 0.25) is 0 Å². The Morgan fingerprint density at radius 2 is 2.14 bits per heavy atom. The van der Waals surface area contributed by atoms with Crippen LogP contribution < -0.4 is 4.90 Å². The third kappa shape index (κ3) is 1.89. The molecule has 0 radical (unpaired) electrons. The Bertz CT molecular complexity index is 293. The van der Waals surface area contributed by atoms with Crippen molar-refractivity contribution in [1.82, 2.24) is 9.97 Å². The zero-order valence-corrected chi connectivity index (χ0v) is 7.97. The predicted molar refractivity (Wildman–Crippen MR) is 53.0 cm³/mol. The molecule has 1 aromatic heterocycles. The Hall–Kier alpha value is -1.45. The van der Waals surface area contributed by atoms with Crippen molar-refractivity contribution in [2.24, 2.45) is 5.92 Å². The van der Waals surface area contributed by atoms with Gasteiger partial charge in [-0.2, -0.15) is 0 Å². The van der Waals surface area contributed by atoms with E-state index in [9.17, 15) is 4.79 Å². The van der Waals surface area contributed by atoms with Crippen molar-refractivity contribution in [3.05, 3.63) is 18.6 Å². The van der Waals surface area contributed by atoms with Gasteiger partial charge in [-0.1, -0.05) is 0 Å². The monoisotopic (exact) mass is 191 g/mol. The van der Waals surface area contributed by atoms with Gasteiger partial charge < -0.3 is 9.69 Å². The van der Waals surface area contributed by atoms with E-state index < -0.39 is 0 Å². The third-order valence-electron chi connectivity index (χ3n) is 2.61. The van der Waals surface area contributed by atoms with Crippen LogP contribution in [-0.4, -0.2) is 29.3 Å². The molecule has 1 aromatic rings. The first-order valence-electron chi connectivity index (χ1n) is 4.86. The van der Waals surface area contributed by atoms with E-state index in [1.54, 1.807) is 18.6 Å². The molecule has 14 heavy (non-hydrogen) atoms. The molecule has 4 heteroatoms. The fourth-order valence-electron chi connectivity index (χ4n) is 1.72. The van der Waals surface area contributed by atoms with Crippen molar-refractivity contribution in [3.8, 4) is 0 Å². The average molecular weight is 191 g/mol. The molecular formula is C10H13N3O. The van der Waals surface area contributed by atoms with Crippen molar-refractivity contribution < 1.29 is 4.79 Å². The summed E-state index contributed by atoms with van der Waals surface area (Å²) in [5.41, 5.74) is 0. The average Bonchev–Trinajstić information content (AvgIpc) is 2.30. The second kappa shape index (κ2) is 4.17. The number of carbonyl (C=O) groups is 1. The summed E-state index contributed by atoms with van der Waals surface area (Å²) >= 11 is 0. The minimum Gasteiger partial charge on any atom is -0.355 e. The van der Waals surface area contributed by atoms with E-state index >= 15 is 0 Å². The molecule has 0 aromatic carbocycles. The summed E-state index contributed by atoms with van der Waals surface area (Å²) < 4.78 is 0. The van der Waals surface area contributed by atoms with E-state index in [0.29, 0.717) is 0 Å². The molecule has 0 saturated carbocycles. The predicted octanol–water partition coefficient (Wildman–Crippen LogP) is 0.892. The number of piperidine rings is 1. The molecule has 2 rings (SSSR count). The summed E-state index contributed by atoms with van der Waals surface area (Å²) in [5.74, 6) is 1.15. The summed E-state index contributed by atoms with van der Waals surface area (Å²) in [7, 11) is 0. The molecule has 74 valence electrons. The van der Waals surface area contributed by atoms with Crippen LogP contribution in [0.3, 0.4) is 0 Å². The topological polar surface area (TPSA) is 46.1 Å². The SMILES string of the molecule is O=CC1CCN(c2cnccn2)CC1. The quantitative estimate of drug-likeness (QED) is 0.651. The molecular weight excluding hydrogens is 178 g/mol. The summed E-state index contributed by atoms with van der Waals surface area (Å²) in [6.07, 6.45) is 8.05. The third-order valence-corrected chi connectivity index (χ3v) is 2.61. The smallest absolute Gasteiger partial charge is 0.147 e. The maximum atomic E-state index is 10.6. The number of aromatic nitrogens is 2. The van der Waals surface area contributed by atoms with Crippen LogP contribution in [0.4, 0.5) is 5.82 Å². The molecule has 2 heterocycles. The van der Waals surface area contributed by atoms with Crippen molar-refractivity contribution in [2.45, 2.75) is 12.8 Å². The lowest BCUT2D eigenvalue weighted by Crippen LogP contribution is -2.34. The Labute approximate surface area is 83.0 Å². The molecule has 1 fully saturated rings. The van der Waals surface area contributed by atoms with E-state index in [-0.39, 0.29) is 5.92 Å². The van der Waals surface area contributed by atoms with Crippen LogP contribution in [0.25, 0.3) is 0 Å². The Morgan fingerprint density at radius 1 is 1.36 bits per heavy atom. The van der Waals surface area contributed by atoms with Gasteiger partial charge in [0.1, 0.15) is 12.1 Å². The van der Waals surface area contributed by atoms with Crippen molar-refractivity contribution in [3.63, 3.8) is 0 Å². The first-order valence-corrected chi connectivity index (χ1v) is 4.86. The molecule has 0 aliphatic carbocycles. The van der Waals surface area contributed by atoms with E-state index in [2.05, 4.69) is 14.9 Å². The van der Waals surface area contributed by atoms with Crippen LogP contribution in [0, 0.1) is 5.92 Å². The Kier molecular flexibility index (Phi) is 2.72. The molecule has 0 atom stereocenters. The van der Waals surface area contributed by atoms with Crippen LogP contribution in [0.1, 0.15) is 12.8 Å². The number of nitrogens with zero attached hydrogens (tertiary/aromatic N) is 3. The molecule has 1 saturated heterocycles. The highest BCUT2D eigenvalue weighted by Crippen LogP contribution is 2.19. The molecule has 0 bridgehead atoms. The maximum Gasteiger partial charge on any atom is 0.147 e. The lowest BCUT2D eigenvalue weighted by molar-refractivity contribution is -0.111. The number of carbonyl (C=O) groups excluding carboxylic acids is 1. The van der Waals surface area contributed by atoms with Crippen LogP contribution in [0.2, 0.25) is 0 Å². The fourth-order valence-corrected chi connectivity index (χ4v) is 1.72. The second-order valence-corrected chi connectivity index (χ2v) is 3.52. The summed E-state index contributed by atoms with van der Waals surface area (Å²) in [4.78, 5) is 21.0. The normalized spacial score (nSPS) is 18.1. The summed E-state index contributed by atoms with van der Waals surface area (Å²) in [6.45, 7) is 1.81. The largest absolute Gasteiger partial charge is 0.355 e. The number of aldehydes is 1. The van der Waals surface area contributed by atoms with Gasteiger partial charge in [0.05, 0.1) is 6.20 Å². The number of hydrogen-bond acceptors (Lipinski definition) is 4. The highest BCUT2D eigenvalue weighted by molar-refractivity contribution is 5.54. The fraction of sp³-hybridized carbons (Fsp3) is 0.500. The van der Waals surface area contributed by atoms with Crippen molar-refractivity contribution in [2.75, 3.05) is 18.0 Å². The van der Waals surface area contributed by atoms with Crippen LogP contribution in [0.15, 0.2) is 18.6 Å². The minimum atomic E-state index is 0.239. The van der Waals surface area contributed by atoms with Gasteiger partial charge in [-0.15, -0.1) is 0 Å².